The lowest BCUT2D eigenvalue weighted by atomic mass is 9.98. The Hall–Kier alpha value is -1.43. The van der Waals surface area contributed by atoms with Gasteiger partial charge in [-0.1, -0.05) is 0 Å². The van der Waals surface area contributed by atoms with Crippen LogP contribution in [0.2, 0.25) is 0 Å². The van der Waals surface area contributed by atoms with Crippen molar-refractivity contribution in [3.63, 3.8) is 0 Å². The Morgan fingerprint density at radius 1 is 1.28 bits per heavy atom. The van der Waals surface area contributed by atoms with Crippen LogP contribution in [0.25, 0.3) is 0 Å². The Labute approximate surface area is 106 Å². The highest BCUT2D eigenvalue weighted by Crippen LogP contribution is 2.20. The van der Waals surface area contributed by atoms with Crippen molar-refractivity contribution in [1.29, 1.82) is 0 Å². The molecule has 100 valence electrons. The van der Waals surface area contributed by atoms with Crippen LogP contribution in [0.15, 0.2) is 0 Å². The predicted octanol–water partition coefficient (Wildman–Crippen LogP) is -0.656. The van der Waals surface area contributed by atoms with Gasteiger partial charge in [-0.05, 0) is 19.9 Å². The van der Waals surface area contributed by atoms with Gasteiger partial charge in [0, 0.05) is 32.5 Å². The van der Waals surface area contributed by atoms with Crippen molar-refractivity contribution >= 4 is 17.7 Å². The van der Waals surface area contributed by atoms with Gasteiger partial charge in [-0.2, -0.15) is 0 Å². The van der Waals surface area contributed by atoms with E-state index in [0.29, 0.717) is 19.3 Å². The summed E-state index contributed by atoms with van der Waals surface area (Å²) in [7, 11) is 3.66. The van der Waals surface area contributed by atoms with E-state index in [2.05, 4.69) is 5.32 Å². The van der Waals surface area contributed by atoms with E-state index in [9.17, 15) is 14.4 Å². The number of likely N-dealkylation sites (tertiary alicyclic amines) is 1. The van der Waals surface area contributed by atoms with Crippen LogP contribution in [0.3, 0.4) is 0 Å². The van der Waals surface area contributed by atoms with E-state index in [1.807, 2.05) is 11.9 Å². The molecule has 3 amide bonds. The van der Waals surface area contributed by atoms with Crippen LogP contribution >= 0.6 is 0 Å². The molecule has 2 aliphatic rings. The zero-order valence-electron chi connectivity index (χ0n) is 10.8. The van der Waals surface area contributed by atoms with Gasteiger partial charge in [-0.3, -0.25) is 24.6 Å². The number of imide groups is 1. The third kappa shape index (κ3) is 2.53. The predicted molar refractivity (Wildman–Crippen MR) is 64.6 cm³/mol. The smallest absolute Gasteiger partial charge is 0.243 e. The molecule has 2 aliphatic heterocycles. The fourth-order valence-electron chi connectivity index (χ4n) is 2.60. The van der Waals surface area contributed by atoms with Gasteiger partial charge in [0.25, 0.3) is 0 Å². The molecule has 0 aromatic rings. The van der Waals surface area contributed by atoms with Gasteiger partial charge in [0.1, 0.15) is 0 Å². The first kappa shape index (κ1) is 13.0. The standard InChI is InChI=1S/C12H19N3O3/c1-14-6-5-8(7-11(14)17)15(2)9-3-4-10(16)13-12(9)18/h8-9H,3-7H2,1-2H3,(H,13,16,18). The largest absolute Gasteiger partial charge is 0.346 e. The minimum Gasteiger partial charge on any atom is -0.346 e. The number of rotatable bonds is 2. The molecule has 0 radical (unpaired) electrons. The van der Waals surface area contributed by atoms with E-state index < -0.39 is 0 Å². The molecule has 0 saturated carbocycles. The highest BCUT2D eigenvalue weighted by atomic mass is 16.2. The lowest BCUT2D eigenvalue weighted by molar-refractivity contribution is -0.141. The number of piperidine rings is 2. The third-order valence-electron chi connectivity index (χ3n) is 3.91. The summed E-state index contributed by atoms with van der Waals surface area (Å²) in [6, 6.07) is -0.193. The van der Waals surface area contributed by atoms with Gasteiger partial charge in [-0.15, -0.1) is 0 Å². The second kappa shape index (κ2) is 5.06. The lowest BCUT2D eigenvalue weighted by Gasteiger charge is -2.39. The molecule has 18 heavy (non-hydrogen) atoms. The van der Waals surface area contributed by atoms with Crippen LogP contribution in [0, 0.1) is 0 Å². The SMILES string of the molecule is CN1CCC(N(C)C2CCC(=O)NC2=O)CC1=O. The Bertz CT molecular complexity index is 383. The number of hydrogen-bond donors (Lipinski definition) is 1. The van der Waals surface area contributed by atoms with Gasteiger partial charge in [0.05, 0.1) is 6.04 Å². The van der Waals surface area contributed by atoms with E-state index in [4.69, 9.17) is 0 Å². The molecule has 2 fully saturated rings. The molecule has 0 aromatic carbocycles. The molecule has 0 spiro atoms. The number of amides is 3. The Kier molecular flexibility index (Phi) is 3.65. The minimum atomic E-state index is -0.288. The number of hydrogen-bond acceptors (Lipinski definition) is 4. The van der Waals surface area contributed by atoms with Crippen LogP contribution in [0.5, 0.6) is 0 Å². The van der Waals surface area contributed by atoms with Crippen molar-refractivity contribution in [3.8, 4) is 0 Å². The quantitative estimate of drug-likeness (QED) is 0.664. The van der Waals surface area contributed by atoms with Crippen molar-refractivity contribution in [2.24, 2.45) is 0 Å². The maximum atomic E-state index is 11.8. The lowest BCUT2D eigenvalue weighted by Crippen LogP contribution is -2.56. The van der Waals surface area contributed by atoms with Gasteiger partial charge < -0.3 is 4.90 Å². The van der Waals surface area contributed by atoms with Crippen molar-refractivity contribution in [1.82, 2.24) is 15.1 Å². The first-order valence-corrected chi connectivity index (χ1v) is 6.28. The van der Waals surface area contributed by atoms with Gasteiger partial charge in [0.15, 0.2) is 0 Å². The zero-order valence-corrected chi connectivity index (χ0v) is 10.8. The molecule has 6 heteroatoms. The maximum absolute atomic E-state index is 11.8. The minimum absolute atomic E-state index is 0.0950. The number of carbonyl (C=O) groups is 3. The Balaban J connectivity index is 1.98. The molecule has 0 aromatic heterocycles. The van der Waals surface area contributed by atoms with Crippen LogP contribution in [0.4, 0.5) is 0 Å². The molecule has 2 rings (SSSR count). The fraction of sp³-hybridized carbons (Fsp3) is 0.750. The molecular formula is C12H19N3O3. The normalized spacial score (nSPS) is 29.7. The van der Waals surface area contributed by atoms with Crippen LogP contribution in [-0.4, -0.2) is 60.2 Å². The van der Waals surface area contributed by atoms with Gasteiger partial charge in [0.2, 0.25) is 17.7 Å². The maximum Gasteiger partial charge on any atom is 0.243 e. The molecule has 2 saturated heterocycles. The average Bonchev–Trinajstić information content (AvgIpc) is 2.32. The van der Waals surface area contributed by atoms with Gasteiger partial charge in [-0.25, -0.2) is 0 Å². The number of likely N-dealkylation sites (N-methyl/N-ethyl adjacent to an activating group) is 1. The van der Waals surface area contributed by atoms with E-state index in [-0.39, 0.29) is 29.8 Å². The van der Waals surface area contributed by atoms with Crippen molar-refractivity contribution < 1.29 is 14.4 Å². The summed E-state index contributed by atoms with van der Waals surface area (Å²) < 4.78 is 0. The monoisotopic (exact) mass is 253 g/mol. The topological polar surface area (TPSA) is 69.7 Å². The molecule has 2 atom stereocenters. The second-order valence-electron chi connectivity index (χ2n) is 5.09. The summed E-state index contributed by atoms with van der Waals surface area (Å²) in [4.78, 5) is 38.2. The summed E-state index contributed by atoms with van der Waals surface area (Å²) in [5, 5.41) is 2.35. The molecule has 6 nitrogen and oxygen atoms in total. The van der Waals surface area contributed by atoms with Crippen molar-refractivity contribution in [2.75, 3.05) is 20.6 Å². The Morgan fingerprint density at radius 3 is 2.61 bits per heavy atom. The number of carbonyl (C=O) groups excluding carboxylic acids is 3. The van der Waals surface area contributed by atoms with Crippen LogP contribution in [-0.2, 0) is 14.4 Å². The van der Waals surface area contributed by atoms with Gasteiger partial charge >= 0.3 is 0 Å². The first-order valence-electron chi connectivity index (χ1n) is 6.28. The molecule has 1 N–H and O–H groups in total. The summed E-state index contributed by atoms with van der Waals surface area (Å²) in [6.07, 6.45) is 2.24. The first-order chi connectivity index (χ1) is 8.49. The van der Waals surface area contributed by atoms with E-state index in [0.717, 1.165) is 13.0 Å². The zero-order chi connectivity index (χ0) is 13.3. The second-order valence-corrected chi connectivity index (χ2v) is 5.09. The van der Waals surface area contributed by atoms with E-state index in [1.165, 1.54) is 0 Å². The molecule has 2 heterocycles. The van der Waals surface area contributed by atoms with Crippen molar-refractivity contribution in [2.45, 2.75) is 37.8 Å². The van der Waals surface area contributed by atoms with E-state index in [1.54, 1.807) is 11.9 Å². The van der Waals surface area contributed by atoms with Crippen molar-refractivity contribution in [3.05, 3.63) is 0 Å². The summed E-state index contributed by atoms with van der Waals surface area (Å²) >= 11 is 0. The summed E-state index contributed by atoms with van der Waals surface area (Å²) in [6.45, 7) is 0.723. The van der Waals surface area contributed by atoms with Crippen LogP contribution in [0.1, 0.15) is 25.7 Å². The third-order valence-corrected chi connectivity index (χ3v) is 3.91. The summed E-state index contributed by atoms with van der Waals surface area (Å²) in [5.41, 5.74) is 0. The average molecular weight is 253 g/mol. The highest BCUT2D eigenvalue weighted by Gasteiger charge is 2.35. The summed E-state index contributed by atoms with van der Waals surface area (Å²) in [5.74, 6) is -0.324. The number of nitrogens with one attached hydrogen (secondary N) is 1. The molecule has 2 unspecified atom stereocenters. The molecule has 0 bridgehead atoms. The molecular weight excluding hydrogens is 234 g/mol. The molecule has 0 aliphatic carbocycles. The Morgan fingerprint density at radius 2 is 2.00 bits per heavy atom. The highest BCUT2D eigenvalue weighted by molar-refractivity contribution is 6.00. The van der Waals surface area contributed by atoms with E-state index >= 15 is 0 Å². The fourth-order valence-corrected chi connectivity index (χ4v) is 2.60. The van der Waals surface area contributed by atoms with Crippen LogP contribution < -0.4 is 5.32 Å². The number of nitrogens with zero attached hydrogens (tertiary/aromatic N) is 2.